The second-order valence-electron chi connectivity index (χ2n) is 5.64. The largest absolute Gasteiger partial charge is 0.461 e. The van der Waals surface area contributed by atoms with Gasteiger partial charge in [0, 0.05) is 24.8 Å². The number of piperidine rings is 1. The molecule has 0 N–H and O–H groups in total. The quantitative estimate of drug-likeness (QED) is 0.616. The molecule has 0 radical (unpaired) electrons. The van der Waals surface area contributed by atoms with Gasteiger partial charge >= 0.3 is 5.97 Å². The monoisotopic (exact) mass is 364 g/mol. The number of esters is 1. The number of rotatable bonds is 4. The Hall–Kier alpha value is -1.92. The first kappa shape index (κ1) is 16.9. The van der Waals surface area contributed by atoms with Crippen LogP contribution >= 0.6 is 22.9 Å². The third-order valence-corrected chi connectivity index (χ3v) is 5.10. The first-order chi connectivity index (χ1) is 11.6. The zero-order chi connectivity index (χ0) is 16.9. The maximum atomic E-state index is 12.3. The predicted molar refractivity (Wildman–Crippen MR) is 92.0 cm³/mol. The molecule has 1 aliphatic heterocycles. The Bertz CT molecular complexity index is 695. The lowest BCUT2D eigenvalue weighted by molar-refractivity contribution is -0.151. The third kappa shape index (κ3) is 4.13. The zero-order valence-electron chi connectivity index (χ0n) is 13.0. The zero-order valence-corrected chi connectivity index (χ0v) is 14.6. The van der Waals surface area contributed by atoms with Crippen LogP contribution in [0.3, 0.4) is 0 Å². The van der Waals surface area contributed by atoms with E-state index in [-0.39, 0.29) is 24.4 Å². The van der Waals surface area contributed by atoms with E-state index in [1.54, 1.807) is 23.2 Å². The Morgan fingerprint density at radius 2 is 2.08 bits per heavy atom. The summed E-state index contributed by atoms with van der Waals surface area (Å²) in [6.45, 7) is 1.36. The van der Waals surface area contributed by atoms with Gasteiger partial charge in [-0.05, 0) is 30.4 Å². The van der Waals surface area contributed by atoms with Gasteiger partial charge < -0.3 is 9.64 Å². The highest BCUT2D eigenvalue weighted by atomic mass is 35.5. The molecule has 0 aromatic carbocycles. The minimum Gasteiger partial charge on any atom is -0.461 e. The summed E-state index contributed by atoms with van der Waals surface area (Å²) < 4.78 is 5.35. The van der Waals surface area contributed by atoms with E-state index >= 15 is 0 Å². The van der Waals surface area contributed by atoms with Crippen LogP contribution in [0.25, 0.3) is 0 Å². The van der Waals surface area contributed by atoms with Crippen molar-refractivity contribution in [2.75, 3.05) is 13.1 Å². The van der Waals surface area contributed by atoms with Crippen LogP contribution in [0.5, 0.6) is 0 Å². The number of thiophene rings is 1. The summed E-state index contributed by atoms with van der Waals surface area (Å²) >= 11 is 7.16. The SMILES string of the molecule is O=C(OCc1ccc(Cl)nc1)C1CCN(C(=O)c2cccs2)CC1. The molecule has 0 saturated carbocycles. The lowest BCUT2D eigenvalue weighted by Crippen LogP contribution is -2.40. The van der Waals surface area contributed by atoms with Crippen molar-refractivity contribution in [3.63, 3.8) is 0 Å². The van der Waals surface area contributed by atoms with Gasteiger partial charge in [0.2, 0.25) is 0 Å². The van der Waals surface area contributed by atoms with Gasteiger partial charge in [0.05, 0.1) is 10.8 Å². The fourth-order valence-electron chi connectivity index (χ4n) is 2.64. The molecule has 1 aliphatic rings. The van der Waals surface area contributed by atoms with E-state index in [4.69, 9.17) is 16.3 Å². The smallest absolute Gasteiger partial charge is 0.309 e. The van der Waals surface area contributed by atoms with Gasteiger partial charge in [-0.15, -0.1) is 11.3 Å². The molecule has 0 atom stereocenters. The van der Waals surface area contributed by atoms with E-state index in [0.717, 1.165) is 10.4 Å². The standard InChI is InChI=1S/C17H17ClN2O3S/c18-15-4-3-12(10-19-15)11-23-17(22)13-5-7-20(8-6-13)16(21)14-2-1-9-24-14/h1-4,9-10,13H,5-8,11H2. The van der Waals surface area contributed by atoms with Crippen molar-refractivity contribution in [3.05, 3.63) is 51.4 Å². The van der Waals surface area contributed by atoms with Crippen molar-refractivity contribution in [1.82, 2.24) is 9.88 Å². The molecule has 0 aliphatic carbocycles. The number of hydrogen-bond acceptors (Lipinski definition) is 5. The molecular weight excluding hydrogens is 348 g/mol. The molecule has 1 fully saturated rings. The topological polar surface area (TPSA) is 59.5 Å². The number of carbonyl (C=O) groups is 2. The van der Waals surface area contributed by atoms with E-state index in [1.165, 1.54) is 11.3 Å². The number of ether oxygens (including phenoxy) is 1. The molecule has 0 unspecified atom stereocenters. The molecule has 5 nitrogen and oxygen atoms in total. The van der Waals surface area contributed by atoms with Crippen LogP contribution in [0.15, 0.2) is 35.8 Å². The molecule has 1 saturated heterocycles. The Labute approximate surface area is 149 Å². The Morgan fingerprint density at radius 1 is 1.29 bits per heavy atom. The van der Waals surface area contributed by atoms with Crippen molar-refractivity contribution in [3.8, 4) is 0 Å². The first-order valence-electron chi connectivity index (χ1n) is 7.73. The van der Waals surface area contributed by atoms with E-state index in [2.05, 4.69) is 4.98 Å². The molecule has 2 aromatic rings. The van der Waals surface area contributed by atoms with Crippen molar-refractivity contribution in [1.29, 1.82) is 0 Å². The van der Waals surface area contributed by atoms with E-state index in [9.17, 15) is 9.59 Å². The highest BCUT2D eigenvalue weighted by molar-refractivity contribution is 7.12. The van der Waals surface area contributed by atoms with Crippen LogP contribution in [-0.4, -0.2) is 34.8 Å². The van der Waals surface area contributed by atoms with Gasteiger partial charge in [0.15, 0.2) is 0 Å². The van der Waals surface area contributed by atoms with Crippen LogP contribution in [0.2, 0.25) is 5.15 Å². The minimum absolute atomic E-state index is 0.0454. The minimum atomic E-state index is -0.215. The van der Waals surface area contributed by atoms with E-state index in [1.807, 2.05) is 17.5 Å². The maximum Gasteiger partial charge on any atom is 0.309 e. The Morgan fingerprint density at radius 3 is 2.71 bits per heavy atom. The molecule has 24 heavy (non-hydrogen) atoms. The highest BCUT2D eigenvalue weighted by Crippen LogP contribution is 2.22. The van der Waals surface area contributed by atoms with Gasteiger partial charge in [-0.3, -0.25) is 9.59 Å². The van der Waals surface area contributed by atoms with Crippen molar-refractivity contribution in [2.24, 2.45) is 5.92 Å². The average molecular weight is 365 g/mol. The van der Waals surface area contributed by atoms with Gasteiger partial charge in [0.25, 0.3) is 5.91 Å². The second-order valence-corrected chi connectivity index (χ2v) is 6.98. The number of aromatic nitrogens is 1. The predicted octanol–water partition coefficient (Wildman–Crippen LogP) is 3.39. The van der Waals surface area contributed by atoms with Crippen LogP contribution in [0.4, 0.5) is 0 Å². The summed E-state index contributed by atoms with van der Waals surface area (Å²) in [6, 6.07) is 7.14. The van der Waals surface area contributed by atoms with Crippen LogP contribution in [0, 0.1) is 5.92 Å². The Kier molecular flexibility index (Phi) is 5.48. The molecular formula is C17H17ClN2O3S. The summed E-state index contributed by atoms with van der Waals surface area (Å²) in [6.07, 6.45) is 2.86. The molecule has 3 rings (SSSR count). The summed E-state index contributed by atoms with van der Waals surface area (Å²) in [5, 5.41) is 2.30. The van der Waals surface area contributed by atoms with E-state index in [0.29, 0.717) is 31.1 Å². The number of carbonyl (C=O) groups excluding carboxylic acids is 2. The fourth-order valence-corrected chi connectivity index (χ4v) is 3.44. The highest BCUT2D eigenvalue weighted by Gasteiger charge is 2.29. The Balaban J connectivity index is 1.46. The van der Waals surface area contributed by atoms with Crippen LogP contribution in [0.1, 0.15) is 28.1 Å². The van der Waals surface area contributed by atoms with Crippen LogP contribution in [-0.2, 0) is 16.1 Å². The second kappa shape index (κ2) is 7.77. The number of halogens is 1. The van der Waals surface area contributed by atoms with Gasteiger partial charge in [0.1, 0.15) is 11.8 Å². The summed E-state index contributed by atoms with van der Waals surface area (Å²) in [5.74, 6) is -0.324. The number of nitrogens with zero attached hydrogens (tertiary/aromatic N) is 2. The summed E-state index contributed by atoms with van der Waals surface area (Å²) in [5.41, 5.74) is 0.804. The maximum absolute atomic E-state index is 12.3. The normalized spacial score (nSPS) is 15.3. The number of pyridine rings is 1. The van der Waals surface area contributed by atoms with Gasteiger partial charge in [-0.1, -0.05) is 23.7 Å². The number of amides is 1. The van der Waals surface area contributed by atoms with Gasteiger partial charge in [-0.2, -0.15) is 0 Å². The molecule has 1 amide bonds. The van der Waals surface area contributed by atoms with Gasteiger partial charge in [-0.25, -0.2) is 4.98 Å². The van der Waals surface area contributed by atoms with Crippen molar-refractivity contribution < 1.29 is 14.3 Å². The lowest BCUT2D eigenvalue weighted by Gasteiger charge is -2.30. The molecule has 126 valence electrons. The lowest BCUT2D eigenvalue weighted by atomic mass is 9.97. The van der Waals surface area contributed by atoms with Crippen molar-refractivity contribution >= 4 is 34.8 Å². The van der Waals surface area contributed by atoms with Crippen molar-refractivity contribution in [2.45, 2.75) is 19.4 Å². The van der Waals surface area contributed by atoms with E-state index < -0.39 is 0 Å². The molecule has 3 heterocycles. The third-order valence-electron chi connectivity index (χ3n) is 4.02. The molecule has 0 spiro atoms. The molecule has 2 aromatic heterocycles. The fraction of sp³-hybridized carbons (Fsp3) is 0.353. The molecule has 0 bridgehead atoms. The molecule has 7 heteroatoms. The number of likely N-dealkylation sites (tertiary alicyclic amines) is 1. The van der Waals surface area contributed by atoms with Crippen LogP contribution < -0.4 is 0 Å². The first-order valence-corrected chi connectivity index (χ1v) is 8.99. The number of hydrogen-bond donors (Lipinski definition) is 0. The summed E-state index contributed by atoms with van der Waals surface area (Å²) in [4.78, 5) is 31.0. The summed E-state index contributed by atoms with van der Waals surface area (Å²) in [7, 11) is 0. The average Bonchev–Trinajstić information content (AvgIpc) is 3.15.